The van der Waals surface area contributed by atoms with E-state index in [4.69, 9.17) is 9.47 Å². The van der Waals surface area contributed by atoms with E-state index in [9.17, 15) is 22.0 Å². The van der Waals surface area contributed by atoms with Crippen LogP contribution in [0.3, 0.4) is 0 Å². The lowest BCUT2D eigenvalue weighted by Crippen LogP contribution is -2.28. The Kier molecular flexibility index (Phi) is 6.62. The molecule has 0 amide bonds. The molecule has 2 heterocycles. The minimum atomic E-state index is -3.56. The van der Waals surface area contributed by atoms with E-state index in [1.54, 1.807) is 25.1 Å². The fourth-order valence-corrected chi connectivity index (χ4v) is 4.90. The predicted octanol–water partition coefficient (Wildman–Crippen LogP) is 3.71. The van der Waals surface area contributed by atoms with Crippen molar-refractivity contribution < 1.29 is 26.7 Å². The second-order valence-corrected chi connectivity index (χ2v) is 10.1. The first-order chi connectivity index (χ1) is 16.6. The molecule has 184 valence electrons. The first-order valence-corrected chi connectivity index (χ1v) is 12.7. The van der Waals surface area contributed by atoms with Crippen molar-refractivity contribution in [2.45, 2.75) is 13.0 Å². The normalized spacial score (nSPS) is 12.6. The van der Waals surface area contributed by atoms with Crippen LogP contribution in [0.4, 0.5) is 8.78 Å². The van der Waals surface area contributed by atoms with Crippen molar-refractivity contribution in [1.29, 1.82) is 0 Å². The number of benzene rings is 2. The van der Waals surface area contributed by atoms with E-state index in [0.717, 1.165) is 18.4 Å². The zero-order valence-corrected chi connectivity index (χ0v) is 20.0. The van der Waals surface area contributed by atoms with Crippen LogP contribution in [0.5, 0.6) is 11.5 Å². The van der Waals surface area contributed by atoms with Gasteiger partial charge in [0.25, 0.3) is 0 Å². The number of fused-ring (bicyclic) bond motifs is 1. The van der Waals surface area contributed by atoms with Crippen LogP contribution in [0.25, 0.3) is 22.3 Å². The SMILES string of the molecule is CCOc1cc([C@@H](CS(C)(=O)=O)n2c(=O)[nH]c3cc(-c4c(F)cccc4F)cnc32)ccc1OC. The Morgan fingerprint density at radius 2 is 1.83 bits per heavy atom. The van der Waals surface area contributed by atoms with Crippen LogP contribution in [0.15, 0.2) is 53.5 Å². The zero-order valence-electron chi connectivity index (χ0n) is 19.2. The first kappa shape index (κ1) is 24.4. The summed E-state index contributed by atoms with van der Waals surface area (Å²) in [4.78, 5) is 19.9. The van der Waals surface area contributed by atoms with Crippen LogP contribution in [-0.4, -0.2) is 48.7 Å². The quantitative estimate of drug-likeness (QED) is 0.393. The third-order valence-corrected chi connectivity index (χ3v) is 6.37. The van der Waals surface area contributed by atoms with Gasteiger partial charge in [-0.05, 0) is 42.8 Å². The summed E-state index contributed by atoms with van der Waals surface area (Å²) in [6.45, 7) is 2.14. The first-order valence-electron chi connectivity index (χ1n) is 10.7. The molecular formula is C24H23F2N3O5S. The summed E-state index contributed by atoms with van der Waals surface area (Å²) in [5.74, 6) is -1.10. The summed E-state index contributed by atoms with van der Waals surface area (Å²) in [5.41, 5.74) is 0.0452. The van der Waals surface area contributed by atoms with E-state index in [2.05, 4.69) is 9.97 Å². The summed E-state index contributed by atoms with van der Waals surface area (Å²) in [7, 11) is -2.08. The van der Waals surface area contributed by atoms with Gasteiger partial charge in [-0.25, -0.2) is 27.0 Å². The van der Waals surface area contributed by atoms with E-state index < -0.39 is 39.0 Å². The van der Waals surface area contributed by atoms with E-state index in [1.165, 1.54) is 30.0 Å². The molecule has 0 aliphatic heterocycles. The minimum absolute atomic E-state index is 0.129. The standard InChI is InChI=1S/C24H23F2N3O5S/c1-4-34-21-11-14(8-9-20(21)33-2)19(13-35(3,31)32)29-23-18(28-24(29)30)10-15(12-27-23)22-16(25)6-5-7-17(22)26/h5-12,19H,4,13H2,1-3H3,(H,28,30)/t19-/m1/s1. The van der Waals surface area contributed by atoms with Crippen LogP contribution >= 0.6 is 0 Å². The molecule has 35 heavy (non-hydrogen) atoms. The third kappa shape index (κ3) is 4.90. The van der Waals surface area contributed by atoms with Crippen molar-refractivity contribution in [1.82, 2.24) is 14.5 Å². The number of halogens is 2. The summed E-state index contributed by atoms with van der Waals surface area (Å²) in [6.07, 6.45) is 2.31. The lowest BCUT2D eigenvalue weighted by atomic mass is 10.1. The predicted molar refractivity (Wildman–Crippen MR) is 128 cm³/mol. The van der Waals surface area contributed by atoms with Gasteiger partial charge in [0.05, 0.1) is 36.6 Å². The van der Waals surface area contributed by atoms with E-state index in [1.807, 2.05) is 0 Å². The number of H-pyrrole nitrogens is 1. The highest BCUT2D eigenvalue weighted by molar-refractivity contribution is 7.90. The molecule has 0 aliphatic rings. The molecule has 0 aliphatic carbocycles. The number of ether oxygens (including phenoxy) is 2. The molecule has 4 rings (SSSR count). The van der Waals surface area contributed by atoms with Gasteiger partial charge in [0.2, 0.25) is 0 Å². The Labute approximate surface area is 200 Å². The third-order valence-electron chi connectivity index (χ3n) is 5.45. The van der Waals surface area contributed by atoms with E-state index in [0.29, 0.717) is 23.7 Å². The highest BCUT2D eigenvalue weighted by Gasteiger charge is 2.26. The van der Waals surface area contributed by atoms with Crippen molar-refractivity contribution in [3.8, 4) is 22.6 Å². The minimum Gasteiger partial charge on any atom is -0.493 e. The van der Waals surface area contributed by atoms with Gasteiger partial charge in [-0.15, -0.1) is 0 Å². The molecule has 0 fully saturated rings. The molecule has 2 aromatic carbocycles. The smallest absolute Gasteiger partial charge is 0.328 e. The largest absolute Gasteiger partial charge is 0.493 e. The van der Waals surface area contributed by atoms with Crippen LogP contribution in [0.2, 0.25) is 0 Å². The Morgan fingerprint density at radius 3 is 2.46 bits per heavy atom. The molecule has 0 spiro atoms. The van der Waals surface area contributed by atoms with Gasteiger partial charge in [0, 0.05) is 18.0 Å². The summed E-state index contributed by atoms with van der Waals surface area (Å²) >= 11 is 0. The lowest BCUT2D eigenvalue weighted by Gasteiger charge is -2.20. The maximum atomic E-state index is 14.3. The van der Waals surface area contributed by atoms with Crippen molar-refractivity contribution in [2.75, 3.05) is 25.7 Å². The molecule has 0 bridgehead atoms. The number of aromatic amines is 1. The number of nitrogens with zero attached hydrogens (tertiary/aromatic N) is 2. The molecule has 0 saturated carbocycles. The molecule has 1 atom stereocenters. The Hall–Kier alpha value is -3.73. The number of rotatable bonds is 8. The summed E-state index contributed by atoms with van der Waals surface area (Å²) < 4.78 is 65.3. The van der Waals surface area contributed by atoms with Crippen molar-refractivity contribution in [3.63, 3.8) is 0 Å². The molecule has 1 N–H and O–H groups in total. The second kappa shape index (κ2) is 9.49. The molecule has 8 nitrogen and oxygen atoms in total. The second-order valence-electron chi connectivity index (χ2n) is 7.94. The van der Waals surface area contributed by atoms with Crippen LogP contribution in [0.1, 0.15) is 18.5 Å². The molecule has 11 heteroatoms. The van der Waals surface area contributed by atoms with Gasteiger partial charge < -0.3 is 14.5 Å². The van der Waals surface area contributed by atoms with Crippen molar-refractivity contribution >= 4 is 21.0 Å². The van der Waals surface area contributed by atoms with Gasteiger partial charge in [-0.2, -0.15) is 0 Å². The van der Waals surface area contributed by atoms with Gasteiger partial charge in [-0.3, -0.25) is 4.57 Å². The van der Waals surface area contributed by atoms with Gasteiger partial charge in [0.1, 0.15) is 21.5 Å². The number of hydrogen-bond donors (Lipinski definition) is 1. The van der Waals surface area contributed by atoms with Crippen LogP contribution in [-0.2, 0) is 9.84 Å². The molecular weight excluding hydrogens is 480 g/mol. The number of pyridine rings is 1. The van der Waals surface area contributed by atoms with E-state index in [-0.39, 0.29) is 22.3 Å². The molecule has 0 radical (unpaired) electrons. The van der Waals surface area contributed by atoms with E-state index >= 15 is 0 Å². The average Bonchev–Trinajstić information content (AvgIpc) is 3.12. The monoisotopic (exact) mass is 503 g/mol. The van der Waals surface area contributed by atoms with Crippen molar-refractivity contribution in [3.05, 3.63) is 76.3 Å². The Morgan fingerprint density at radius 1 is 1.11 bits per heavy atom. The summed E-state index contributed by atoms with van der Waals surface area (Å²) in [6, 6.07) is 8.83. The molecule has 0 unspecified atom stereocenters. The molecule has 4 aromatic rings. The number of sulfone groups is 1. The Bertz CT molecular complexity index is 1540. The van der Waals surface area contributed by atoms with Crippen LogP contribution in [0, 0.1) is 11.6 Å². The molecule has 0 saturated heterocycles. The number of methoxy groups -OCH3 is 1. The van der Waals surface area contributed by atoms with Gasteiger partial charge >= 0.3 is 5.69 Å². The highest BCUT2D eigenvalue weighted by Crippen LogP contribution is 2.33. The number of hydrogen-bond acceptors (Lipinski definition) is 6. The highest BCUT2D eigenvalue weighted by atomic mass is 32.2. The average molecular weight is 504 g/mol. The zero-order chi connectivity index (χ0) is 25.3. The van der Waals surface area contributed by atoms with Crippen molar-refractivity contribution in [2.24, 2.45) is 0 Å². The van der Waals surface area contributed by atoms with Gasteiger partial charge in [0.15, 0.2) is 17.1 Å². The van der Waals surface area contributed by atoms with Crippen LogP contribution < -0.4 is 15.2 Å². The number of nitrogens with one attached hydrogen (secondary N) is 1. The fraction of sp³-hybridized carbons (Fsp3) is 0.250. The fourth-order valence-electron chi connectivity index (χ4n) is 3.99. The maximum absolute atomic E-state index is 14.3. The van der Waals surface area contributed by atoms with Gasteiger partial charge in [-0.1, -0.05) is 12.1 Å². The summed E-state index contributed by atoms with van der Waals surface area (Å²) in [5, 5.41) is 0. The molecule has 2 aromatic heterocycles. The Balaban J connectivity index is 1.90. The number of aromatic nitrogens is 3. The lowest BCUT2D eigenvalue weighted by molar-refractivity contribution is 0.310. The topological polar surface area (TPSA) is 103 Å². The number of imidazole rings is 1. The maximum Gasteiger partial charge on any atom is 0.328 e.